The maximum Gasteiger partial charge on any atom is 0.238 e. The van der Waals surface area contributed by atoms with Crippen molar-refractivity contribution in [2.24, 2.45) is 5.14 Å². The molecule has 0 aliphatic heterocycles. The van der Waals surface area contributed by atoms with Gasteiger partial charge >= 0.3 is 0 Å². The Hall–Kier alpha value is -2.13. The molecule has 0 saturated heterocycles. The lowest BCUT2D eigenvalue weighted by atomic mass is 10.1. The van der Waals surface area contributed by atoms with Crippen LogP contribution in [0.15, 0.2) is 27.9 Å². The van der Waals surface area contributed by atoms with E-state index in [1.807, 2.05) is 0 Å². The van der Waals surface area contributed by atoms with E-state index in [2.05, 4.69) is 20.0 Å². The molecule has 1 heterocycles. The zero-order valence-corrected chi connectivity index (χ0v) is 11.6. The van der Waals surface area contributed by atoms with E-state index in [0.717, 1.165) is 0 Å². The second kappa shape index (κ2) is 5.47. The minimum Gasteiger partial charge on any atom is -0.399 e. The van der Waals surface area contributed by atoms with Gasteiger partial charge in [0, 0.05) is 24.3 Å². The highest BCUT2D eigenvalue weighted by Crippen LogP contribution is 2.25. The van der Waals surface area contributed by atoms with Gasteiger partial charge in [-0.05, 0) is 24.6 Å². The summed E-state index contributed by atoms with van der Waals surface area (Å²) in [5.41, 5.74) is 7.14. The van der Waals surface area contributed by atoms with Crippen LogP contribution in [0.5, 0.6) is 0 Å². The van der Waals surface area contributed by atoms with Crippen molar-refractivity contribution in [3.05, 3.63) is 29.9 Å². The number of aromatic nitrogens is 2. The fourth-order valence-corrected chi connectivity index (χ4v) is 2.64. The molecule has 0 saturated carbocycles. The Kier molecular flexibility index (Phi) is 3.91. The molecule has 5 N–H and O–H groups in total. The Balaban J connectivity index is 2.17. The molecule has 0 aliphatic carbocycles. The van der Waals surface area contributed by atoms with Gasteiger partial charge in [0.25, 0.3) is 0 Å². The van der Waals surface area contributed by atoms with E-state index in [4.69, 9.17) is 10.9 Å². The predicted octanol–water partition coefficient (Wildman–Crippen LogP) is 0.262. The molecule has 0 spiro atoms. The van der Waals surface area contributed by atoms with Crippen LogP contribution in [0.1, 0.15) is 11.4 Å². The summed E-state index contributed by atoms with van der Waals surface area (Å²) in [7, 11) is -3.81. The van der Waals surface area contributed by atoms with Crippen LogP contribution in [-0.2, 0) is 16.4 Å². The summed E-state index contributed by atoms with van der Waals surface area (Å²) < 4.78 is 27.6. The number of primary sulfonamides is 1. The summed E-state index contributed by atoms with van der Waals surface area (Å²) in [6, 6.07) is 3.00. The van der Waals surface area contributed by atoms with Gasteiger partial charge in [0.2, 0.25) is 16.4 Å². The molecule has 0 fully saturated rings. The zero-order valence-electron chi connectivity index (χ0n) is 10.8. The number of benzene rings is 1. The average molecular weight is 297 g/mol. The van der Waals surface area contributed by atoms with E-state index in [0.29, 0.717) is 35.7 Å². The van der Waals surface area contributed by atoms with Gasteiger partial charge in [0.15, 0.2) is 5.82 Å². The lowest BCUT2D eigenvalue weighted by Crippen LogP contribution is -2.16. The van der Waals surface area contributed by atoms with E-state index in [1.165, 1.54) is 12.5 Å². The highest BCUT2D eigenvalue weighted by Gasteiger charge is 2.15. The van der Waals surface area contributed by atoms with Gasteiger partial charge in [-0.2, -0.15) is 4.98 Å². The maximum atomic E-state index is 11.5. The van der Waals surface area contributed by atoms with E-state index >= 15 is 0 Å². The molecule has 108 valence electrons. The van der Waals surface area contributed by atoms with Crippen LogP contribution in [0.2, 0.25) is 0 Å². The smallest absolute Gasteiger partial charge is 0.238 e. The average Bonchev–Trinajstić information content (AvgIpc) is 2.84. The Morgan fingerprint density at radius 1 is 1.40 bits per heavy atom. The number of anilines is 2. The van der Waals surface area contributed by atoms with E-state index < -0.39 is 10.0 Å². The van der Waals surface area contributed by atoms with Crippen molar-refractivity contribution in [3.63, 3.8) is 0 Å². The summed E-state index contributed by atoms with van der Waals surface area (Å²) in [4.78, 5) is 3.90. The third-order valence-corrected chi connectivity index (χ3v) is 3.80. The van der Waals surface area contributed by atoms with E-state index in [9.17, 15) is 8.42 Å². The van der Waals surface area contributed by atoms with Gasteiger partial charge in [-0.25, -0.2) is 13.6 Å². The molecule has 2 aromatic rings. The monoisotopic (exact) mass is 297 g/mol. The number of nitrogen functional groups attached to an aromatic ring is 1. The molecule has 2 rings (SSSR count). The number of hydrogen-bond donors (Lipinski definition) is 3. The first-order valence-corrected chi connectivity index (χ1v) is 7.34. The van der Waals surface area contributed by atoms with Crippen molar-refractivity contribution in [2.75, 3.05) is 17.6 Å². The Morgan fingerprint density at radius 2 is 2.15 bits per heavy atom. The third kappa shape index (κ3) is 3.25. The van der Waals surface area contributed by atoms with Crippen LogP contribution in [0.25, 0.3) is 0 Å². The molecule has 8 nitrogen and oxygen atoms in total. The minimum atomic E-state index is -3.81. The standard InChI is InChI=1S/C11H15N5O3S/c1-7-9(14-3-2-11-15-6-19-16-11)4-8(12)5-10(7)20(13,17)18/h4-6,14H,2-3,12H2,1H3,(H2,13,17,18). The highest BCUT2D eigenvalue weighted by atomic mass is 32.2. The van der Waals surface area contributed by atoms with E-state index in [1.54, 1.807) is 13.0 Å². The van der Waals surface area contributed by atoms with Crippen LogP contribution in [0, 0.1) is 6.92 Å². The molecule has 0 aliphatic rings. The van der Waals surface area contributed by atoms with Gasteiger partial charge in [0.05, 0.1) is 4.90 Å². The second-order valence-corrected chi connectivity index (χ2v) is 5.79. The quantitative estimate of drug-likeness (QED) is 0.673. The van der Waals surface area contributed by atoms with Crippen LogP contribution in [0.3, 0.4) is 0 Å². The molecule has 1 aromatic carbocycles. The van der Waals surface area contributed by atoms with Gasteiger partial charge in [0.1, 0.15) is 0 Å². The first-order valence-electron chi connectivity index (χ1n) is 5.80. The summed E-state index contributed by atoms with van der Waals surface area (Å²) in [5, 5.41) is 11.9. The number of nitrogens with zero attached hydrogens (tertiary/aromatic N) is 2. The van der Waals surface area contributed by atoms with E-state index in [-0.39, 0.29) is 4.90 Å². The van der Waals surface area contributed by atoms with Crippen LogP contribution < -0.4 is 16.2 Å². The summed E-state index contributed by atoms with van der Waals surface area (Å²) in [6.45, 7) is 2.17. The molecular weight excluding hydrogens is 282 g/mol. The molecule has 0 radical (unpaired) electrons. The maximum absolute atomic E-state index is 11.5. The number of hydrogen-bond acceptors (Lipinski definition) is 7. The molecule has 20 heavy (non-hydrogen) atoms. The Bertz CT molecular complexity index is 697. The molecule has 0 bridgehead atoms. The van der Waals surface area contributed by atoms with Gasteiger partial charge in [-0.15, -0.1) is 0 Å². The van der Waals surface area contributed by atoms with Crippen molar-refractivity contribution in [1.82, 2.24) is 10.1 Å². The molecule has 1 aromatic heterocycles. The molecule has 9 heteroatoms. The summed E-state index contributed by atoms with van der Waals surface area (Å²) in [6.07, 6.45) is 1.79. The molecule has 0 unspecified atom stereocenters. The second-order valence-electron chi connectivity index (χ2n) is 4.26. The lowest BCUT2D eigenvalue weighted by Gasteiger charge is -2.13. The van der Waals surface area contributed by atoms with Crippen molar-refractivity contribution in [1.29, 1.82) is 0 Å². The summed E-state index contributed by atoms with van der Waals surface area (Å²) in [5.74, 6) is 0.561. The predicted molar refractivity (Wildman–Crippen MR) is 73.5 cm³/mol. The van der Waals surface area contributed by atoms with Crippen molar-refractivity contribution in [3.8, 4) is 0 Å². The van der Waals surface area contributed by atoms with Crippen molar-refractivity contribution in [2.45, 2.75) is 18.2 Å². The Morgan fingerprint density at radius 3 is 2.75 bits per heavy atom. The van der Waals surface area contributed by atoms with Crippen LogP contribution >= 0.6 is 0 Å². The third-order valence-electron chi connectivity index (χ3n) is 2.76. The lowest BCUT2D eigenvalue weighted by molar-refractivity contribution is 0.410. The van der Waals surface area contributed by atoms with Crippen LogP contribution in [0.4, 0.5) is 11.4 Å². The molecular formula is C11H15N5O3S. The largest absolute Gasteiger partial charge is 0.399 e. The fraction of sp³-hybridized carbons (Fsp3) is 0.273. The van der Waals surface area contributed by atoms with Crippen molar-refractivity contribution >= 4 is 21.4 Å². The summed E-state index contributed by atoms with van der Waals surface area (Å²) >= 11 is 0. The minimum absolute atomic E-state index is 0.0135. The Labute approximate surface area is 116 Å². The first kappa shape index (κ1) is 14.3. The first-order chi connectivity index (χ1) is 9.38. The van der Waals surface area contributed by atoms with Crippen molar-refractivity contribution < 1.29 is 12.9 Å². The highest BCUT2D eigenvalue weighted by molar-refractivity contribution is 7.89. The van der Waals surface area contributed by atoms with Gasteiger partial charge in [-0.1, -0.05) is 5.16 Å². The van der Waals surface area contributed by atoms with Crippen LogP contribution in [-0.4, -0.2) is 25.1 Å². The van der Waals surface area contributed by atoms with Gasteiger partial charge < -0.3 is 15.6 Å². The molecule has 0 amide bonds. The number of rotatable bonds is 5. The number of nitrogens with one attached hydrogen (secondary N) is 1. The number of nitrogens with two attached hydrogens (primary N) is 2. The topological polar surface area (TPSA) is 137 Å². The normalized spacial score (nSPS) is 11.5. The zero-order chi connectivity index (χ0) is 14.8. The molecule has 0 atom stereocenters. The fourth-order valence-electron chi connectivity index (χ4n) is 1.80. The number of sulfonamides is 1. The SMILES string of the molecule is Cc1c(NCCc2ncon2)cc(N)cc1S(N)(=O)=O. The van der Waals surface area contributed by atoms with Gasteiger partial charge in [-0.3, -0.25) is 0 Å².